The summed E-state index contributed by atoms with van der Waals surface area (Å²) >= 11 is 0. The summed E-state index contributed by atoms with van der Waals surface area (Å²) in [6.45, 7) is 0. The van der Waals surface area contributed by atoms with Crippen LogP contribution in [0.25, 0.3) is 21.7 Å². The van der Waals surface area contributed by atoms with Crippen LogP contribution >= 0.6 is 0 Å². The third-order valence-electron chi connectivity index (χ3n) is 2.97. The molecule has 74 valence electrons. The Kier molecular flexibility index (Phi) is 1.31. The topological polar surface area (TPSA) is 37.6 Å². The van der Waals surface area contributed by atoms with Gasteiger partial charge in [-0.25, -0.2) is 0 Å². The van der Waals surface area contributed by atoms with Gasteiger partial charge in [-0.1, -0.05) is 18.2 Å². The van der Waals surface area contributed by atoms with E-state index in [4.69, 9.17) is 0 Å². The lowest BCUT2D eigenvalue weighted by atomic mass is 10.0. The fourth-order valence-electron chi connectivity index (χ4n) is 2.27. The quantitative estimate of drug-likeness (QED) is 0.398. The summed E-state index contributed by atoms with van der Waals surface area (Å²) in [6, 6.07) is 12.1. The average Bonchev–Trinajstić information content (AvgIpc) is 2.75. The van der Waals surface area contributed by atoms with Gasteiger partial charge in [0.1, 0.15) is 0 Å². The fourth-order valence-corrected chi connectivity index (χ4v) is 2.27. The van der Waals surface area contributed by atoms with Gasteiger partial charge in [-0.2, -0.15) is 0 Å². The van der Waals surface area contributed by atoms with E-state index in [9.17, 15) is 0 Å². The molecule has 0 fully saturated rings. The number of benzene rings is 2. The van der Waals surface area contributed by atoms with Crippen LogP contribution in [0, 0.1) is 0 Å². The Morgan fingerprint density at radius 2 is 1.69 bits per heavy atom. The molecular weight excluding hydrogens is 198 g/mol. The predicted octanol–water partition coefficient (Wildman–Crippen LogP) is 4.12. The maximum atomic E-state index is 4.36. The highest BCUT2D eigenvalue weighted by Gasteiger charge is 2.14. The van der Waals surface area contributed by atoms with E-state index in [0.29, 0.717) is 0 Å². The van der Waals surface area contributed by atoms with Crippen molar-refractivity contribution >= 4 is 33.1 Å². The van der Waals surface area contributed by atoms with Crippen molar-refractivity contribution in [1.82, 2.24) is 4.98 Å². The van der Waals surface area contributed by atoms with E-state index in [2.05, 4.69) is 27.3 Å². The first-order valence-electron chi connectivity index (χ1n) is 5.16. The van der Waals surface area contributed by atoms with E-state index in [1.54, 1.807) is 6.20 Å². The fraction of sp³-hybridized carbons (Fsp3) is 0. The van der Waals surface area contributed by atoms with E-state index in [1.807, 2.05) is 24.3 Å². The molecule has 16 heavy (non-hydrogen) atoms. The standard InChI is InChI=1S/C13H7N3/c1-3-9-8-4-2-6-14-11(8)7-12-13(9)10(5-1)15-16-12/h1-7H. The van der Waals surface area contributed by atoms with Crippen LogP contribution in [0.5, 0.6) is 0 Å². The molecule has 0 unspecified atom stereocenters. The number of hydrogen-bond acceptors (Lipinski definition) is 3. The molecule has 0 radical (unpaired) electrons. The van der Waals surface area contributed by atoms with E-state index in [1.165, 1.54) is 5.39 Å². The summed E-state index contributed by atoms with van der Waals surface area (Å²) in [5.74, 6) is 0. The molecule has 3 nitrogen and oxygen atoms in total. The third kappa shape index (κ3) is 0.852. The van der Waals surface area contributed by atoms with Crippen LogP contribution < -0.4 is 0 Å². The molecule has 1 aromatic heterocycles. The SMILES string of the molecule is c1cnc2cc3c4c(cccc4c2c1)N=N3. The minimum absolute atomic E-state index is 0.928. The number of rotatable bonds is 0. The number of aromatic nitrogens is 1. The van der Waals surface area contributed by atoms with Crippen molar-refractivity contribution in [2.24, 2.45) is 10.2 Å². The Morgan fingerprint density at radius 3 is 2.69 bits per heavy atom. The van der Waals surface area contributed by atoms with Gasteiger partial charge in [0, 0.05) is 17.0 Å². The Labute approximate surface area is 91.5 Å². The van der Waals surface area contributed by atoms with Crippen molar-refractivity contribution in [3.63, 3.8) is 0 Å². The molecule has 3 aromatic rings. The Bertz CT molecular complexity index is 760. The number of azo groups is 1. The molecule has 0 N–H and O–H groups in total. The van der Waals surface area contributed by atoms with Gasteiger partial charge in [0.15, 0.2) is 0 Å². The van der Waals surface area contributed by atoms with Crippen molar-refractivity contribution in [3.8, 4) is 0 Å². The molecule has 0 saturated heterocycles. The maximum absolute atomic E-state index is 4.36. The second-order valence-corrected chi connectivity index (χ2v) is 3.87. The zero-order chi connectivity index (χ0) is 10.5. The minimum atomic E-state index is 0.928. The highest BCUT2D eigenvalue weighted by atomic mass is 15.1. The second kappa shape index (κ2) is 2.64. The van der Waals surface area contributed by atoms with Gasteiger partial charge < -0.3 is 0 Å². The highest BCUT2D eigenvalue weighted by molar-refractivity contribution is 6.15. The number of fused-ring (bicyclic) bond motifs is 2. The van der Waals surface area contributed by atoms with Gasteiger partial charge in [0.25, 0.3) is 0 Å². The van der Waals surface area contributed by atoms with Crippen molar-refractivity contribution in [3.05, 3.63) is 42.6 Å². The Balaban J connectivity index is 2.39. The lowest BCUT2D eigenvalue weighted by Gasteiger charge is -2.03. The van der Waals surface area contributed by atoms with Crippen LogP contribution in [0.3, 0.4) is 0 Å². The molecule has 3 heteroatoms. The normalized spacial score (nSPS) is 12.8. The second-order valence-electron chi connectivity index (χ2n) is 3.87. The Morgan fingerprint density at radius 1 is 0.812 bits per heavy atom. The van der Waals surface area contributed by atoms with E-state index < -0.39 is 0 Å². The largest absolute Gasteiger partial charge is 0.256 e. The summed E-state index contributed by atoms with van der Waals surface area (Å²) in [6.07, 6.45) is 1.80. The smallest absolute Gasteiger partial charge is 0.0979 e. The van der Waals surface area contributed by atoms with Crippen LogP contribution in [-0.4, -0.2) is 4.98 Å². The monoisotopic (exact) mass is 205 g/mol. The molecule has 1 aliphatic heterocycles. The predicted molar refractivity (Wildman–Crippen MR) is 63.4 cm³/mol. The van der Waals surface area contributed by atoms with Crippen molar-refractivity contribution in [2.75, 3.05) is 0 Å². The lowest BCUT2D eigenvalue weighted by Crippen LogP contribution is -1.79. The first kappa shape index (κ1) is 7.93. The van der Waals surface area contributed by atoms with Gasteiger partial charge in [-0.15, -0.1) is 10.2 Å². The molecular formula is C13H7N3. The average molecular weight is 205 g/mol. The molecule has 4 rings (SSSR count). The highest BCUT2D eigenvalue weighted by Crippen LogP contribution is 2.43. The molecule has 2 heterocycles. The molecule has 2 aromatic carbocycles. The van der Waals surface area contributed by atoms with Gasteiger partial charge >= 0.3 is 0 Å². The molecule has 0 spiro atoms. The molecule has 1 aliphatic rings. The van der Waals surface area contributed by atoms with E-state index in [0.717, 1.165) is 27.7 Å². The van der Waals surface area contributed by atoms with Crippen LogP contribution in [0.4, 0.5) is 11.4 Å². The van der Waals surface area contributed by atoms with Crippen LogP contribution in [-0.2, 0) is 0 Å². The first-order chi connectivity index (χ1) is 7.93. The van der Waals surface area contributed by atoms with E-state index in [-0.39, 0.29) is 0 Å². The van der Waals surface area contributed by atoms with Crippen LogP contribution in [0.1, 0.15) is 0 Å². The van der Waals surface area contributed by atoms with Crippen LogP contribution in [0.2, 0.25) is 0 Å². The van der Waals surface area contributed by atoms with E-state index >= 15 is 0 Å². The van der Waals surface area contributed by atoms with Crippen molar-refractivity contribution in [2.45, 2.75) is 0 Å². The van der Waals surface area contributed by atoms with Gasteiger partial charge in [-0.05, 0) is 23.6 Å². The third-order valence-corrected chi connectivity index (χ3v) is 2.97. The zero-order valence-electron chi connectivity index (χ0n) is 8.38. The summed E-state index contributed by atoms with van der Waals surface area (Å²) in [5.41, 5.74) is 2.86. The van der Waals surface area contributed by atoms with Gasteiger partial charge in [0.05, 0.1) is 16.9 Å². The summed E-state index contributed by atoms with van der Waals surface area (Å²) in [7, 11) is 0. The number of nitrogens with zero attached hydrogens (tertiary/aromatic N) is 3. The number of hydrogen-bond donors (Lipinski definition) is 0. The summed E-state index contributed by atoms with van der Waals surface area (Å²) in [4.78, 5) is 4.36. The molecule has 0 bridgehead atoms. The molecule has 0 atom stereocenters. The minimum Gasteiger partial charge on any atom is -0.256 e. The maximum Gasteiger partial charge on any atom is 0.0979 e. The molecule has 0 aliphatic carbocycles. The van der Waals surface area contributed by atoms with Gasteiger partial charge in [-0.3, -0.25) is 4.98 Å². The first-order valence-corrected chi connectivity index (χ1v) is 5.16. The summed E-state index contributed by atoms with van der Waals surface area (Å²) in [5, 5.41) is 11.8. The molecule has 0 saturated carbocycles. The van der Waals surface area contributed by atoms with Gasteiger partial charge in [0.2, 0.25) is 0 Å². The zero-order valence-corrected chi connectivity index (χ0v) is 8.38. The summed E-state index contributed by atoms with van der Waals surface area (Å²) < 4.78 is 0. The lowest BCUT2D eigenvalue weighted by molar-refractivity contribution is 1.30. The van der Waals surface area contributed by atoms with Crippen LogP contribution in [0.15, 0.2) is 52.8 Å². The Hall–Kier alpha value is -2.29. The van der Waals surface area contributed by atoms with Crippen molar-refractivity contribution < 1.29 is 0 Å². The molecule has 0 amide bonds. The van der Waals surface area contributed by atoms with Crippen molar-refractivity contribution in [1.29, 1.82) is 0 Å². The number of pyridine rings is 1.